The standard InChI is InChI=1S/C9H10Cl2N2O3/c10-3-5-1-2-7(16-5)13-4-6(11)8(14)12-9(13)15/h4-5,7H,1-3H2,(H,12,14,15)/t5-,7+/m0/s1. The maximum Gasteiger partial charge on any atom is 0.330 e. The lowest BCUT2D eigenvalue weighted by Crippen LogP contribution is -2.32. The molecule has 88 valence electrons. The second-order valence-corrected chi connectivity index (χ2v) is 4.30. The molecule has 1 fully saturated rings. The van der Waals surface area contributed by atoms with Gasteiger partial charge in [0, 0.05) is 12.1 Å². The highest BCUT2D eigenvalue weighted by atomic mass is 35.5. The summed E-state index contributed by atoms with van der Waals surface area (Å²) in [4.78, 5) is 24.7. The maximum absolute atomic E-state index is 11.5. The van der Waals surface area contributed by atoms with Crippen LogP contribution in [0.3, 0.4) is 0 Å². The van der Waals surface area contributed by atoms with Crippen molar-refractivity contribution in [2.45, 2.75) is 25.2 Å². The molecule has 2 rings (SSSR count). The molecule has 7 heteroatoms. The van der Waals surface area contributed by atoms with Crippen molar-refractivity contribution in [1.29, 1.82) is 0 Å². The minimum atomic E-state index is -0.588. The SMILES string of the molecule is O=c1[nH]c(=O)n([C@H]2CC[C@@H](CCl)O2)cc1Cl. The van der Waals surface area contributed by atoms with Gasteiger partial charge in [0.15, 0.2) is 0 Å². The molecule has 0 radical (unpaired) electrons. The fraction of sp³-hybridized carbons (Fsp3) is 0.556. The monoisotopic (exact) mass is 264 g/mol. The van der Waals surface area contributed by atoms with Gasteiger partial charge in [0.05, 0.1) is 6.10 Å². The van der Waals surface area contributed by atoms with E-state index in [0.717, 1.165) is 6.42 Å². The summed E-state index contributed by atoms with van der Waals surface area (Å²) in [5.41, 5.74) is -1.11. The Kier molecular flexibility index (Phi) is 3.37. The smallest absolute Gasteiger partial charge is 0.330 e. The summed E-state index contributed by atoms with van der Waals surface area (Å²) >= 11 is 11.3. The zero-order valence-corrected chi connectivity index (χ0v) is 9.79. The molecular weight excluding hydrogens is 255 g/mol. The van der Waals surface area contributed by atoms with E-state index in [1.54, 1.807) is 0 Å². The van der Waals surface area contributed by atoms with E-state index in [0.29, 0.717) is 12.3 Å². The Morgan fingerprint density at radius 1 is 1.50 bits per heavy atom. The number of aromatic nitrogens is 2. The minimum absolute atomic E-state index is 0.0301. The molecule has 1 N–H and O–H groups in total. The van der Waals surface area contributed by atoms with Gasteiger partial charge in [0.25, 0.3) is 5.56 Å². The van der Waals surface area contributed by atoms with Crippen molar-refractivity contribution >= 4 is 23.2 Å². The Morgan fingerprint density at radius 3 is 2.88 bits per heavy atom. The summed E-state index contributed by atoms with van der Waals surface area (Å²) in [6, 6.07) is 0. The van der Waals surface area contributed by atoms with Crippen molar-refractivity contribution in [2.24, 2.45) is 0 Å². The van der Waals surface area contributed by atoms with Crippen LogP contribution in [0.1, 0.15) is 19.1 Å². The number of hydrogen-bond donors (Lipinski definition) is 1. The van der Waals surface area contributed by atoms with Gasteiger partial charge in [-0.15, -0.1) is 11.6 Å². The van der Waals surface area contributed by atoms with E-state index >= 15 is 0 Å². The van der Waals surface area contributed by atoms with E-state index in [4.69, 9.17) is 27.9 Å². The Hall–Kier alpha value is -0.780. The van der Waals surface area contributed by atoms with Gasteiger partial charge in [0.1, 0.15) is 11.3 Å². The van der Waals surface area contributed by atoms with E-state index in [2.05, 4.69) is 4.98 Å². The van der Waals surface area contributed by atoms with Gasteiger partial charge in [-0.1, -0.05) is 11.6 Å². The van der Waals surface area contributed by atoms with Gasteiger partial charge in [-0.3, -0.25) is 14.3 Å². The van der Waals surface area contributed by atoms with Crippen LogP contribution >= 0.6 is 23.2 Å². The Morgan fingerprint density at radius 2 is 2.25 bits per heavy atom. The normalized spacial score (nSPS) is 24.9. The molecule has 2 heterocycles. The van der Waals surface area contributed by atoms with Crippen LogP contribution in [0.2, 0.25) is 5.02 Å². The predicted octanol–water partition coefficient (Wildman–Crippen LogP) is 1.11. The summed E-state index contributed by atoms with van der Waals surface area (Å²) in [6.45, 7) is 0. The summed E-state index contributed by atoms with van der Waals surface area (Å²) in [7, 11) is 0. The van der Waals surface area contributed by atoms with Crippen LogP contribution in [0.4, 0.5) is 0 Å². The lowest BCUT2D eigenvalue weighted by molar-refractivity contribution is 0.00946. The first-order chi connectivity index (χ1) is 7.61. The lowest BCUT2D eigenvalue weighted by Gasteiger charge is -2.14. The van der Waals surface area contributed by atoms with Gasteiger partial charge < -0.3 is 4.74 Å². The molecule has 1 aliphatic heterocycles. The Balaban J connectivity index is 2.32. The molecule has 1 aliphatic rings. The van der Waals surface area contributed by atoms with Gasteiger partial charge >= 0.3 is 5.69 Å². The molecule has 0 spiro atoms. The molecule has 2 atom stereocenters. The molecule has 0 amide bonds. The van der Waals surface area contributed by atoms with Crippen molar-refractivity contribution in [2.75, 3.05) is 5.88 Å². The Labute approximate surface area is 101 Å². The van der Waals surface area contributed by atoms with Crippen LogP contribution in [0.15, 0.2) is 15.8 Å². The lowest BCUT2D eigenvalue weighted by atomic mass is 10.2. The molecule has 1 saturated heterocycles. The molecule has 1 aromatic heterocycles. The van der Waals surface area contributed by atoms with E-state index in [1.165, 1.54) is 10.8 Å². The molecule has 0 bridgehead atoms. The molecule has 0 saturated carbocycles. The Bertz CT molecular complexity index is 496. The van der Waals surface area contributed by atoms with Crippen molar-refractivity contribution in [3.05, 3.63) is 32.1 Å². The van der Waals surface area contributed by atoms with Crippen LogP contribution in [-0.4, -0.2) is 21.5 Å². The number of rotatable bonds is 2. The topological polar surface area (TPSA) is 64.1 Å². The summed E-state index contributed by atoms with van der Waals surface area (Å²) < 4.78 is 6.81. The van der Waals surface area contributed by atoms with E-state index in [1.807, 2.05) is 0 Å². The fourth-order valence-corrected chi connectivity index (χ4v) is 2.06. The van der Waals surface area contributed by atoms with Crippen LogP contribution in [0.5, 0.6) is 0 Å². The third-order valence-electron chi connectivity index (χ3n) is 2.49. The molecule has 1 aromatic rings. The van der Waals surface area contributed by atoms with Gasteiger partial charge in [0.2, 0.25) is 0 Å². The number of H-pyrrole nitrogens is 1. The second kappa shape index (κ2) is 4.61. The second-order valence-electron chi connectivity index (χ2n) is 3.59. The molecule has 5 nitrogen and oxygen atoms in total. The van der Waals surface area contributed by atoms with Crippen molar-refractivity contribution < 1.29 is 4.74 Å². The van der Waals surface area contributed by atoms with Crippen LogP contribution in [0.25, 0.3) is 0 Å². The highest BCUT2D eigenvalue weighted by molar-refractivity contribution is 6.30. The third-order valence-corrected chi connectivity index (χ3v) is 3.11. The highest BCUT2D eigenvalue weighted by Crippen LogP contribution is 2.27. The number of hydrogen-bond acceptors (Lipinski definition) is 3. The summed E-state index contributed by atoms with van der Waals surface area (Å²) in [5, 5.41) is -0.0301. The first-order valence-corrected chi connectivity index (χ1v) is 5.75. The predicted molar refractivity (Wildman–Crippen MR) is 60.2 cm³/mol. The molecule has 0 aliphatic carbocycles. The molecule has 0 unspecified atom stereocenters. The highest BCUT2D eigenvalue weighted by Gasteiger charge is 2.26. The van der Waals surface area contributed by atoms with Crippen molar-refractivity contribution in [3.63, 3.8) is 0 Å². The zero-order chi connectivity index (χ0) is 11.7. The largest absolute Gasteiger partial charge is 0.353 e. The molecule has 16 heavy (non-hydrogen) atoms. The van der Waals surface area contributed by atoms with Gasteiger partial charge in [-0.05, 0) is 12.8 Å². The van der Waals surface area contributed by atoms with Crippen LogP contribution < -0.4 is 11.2 Å². The quantitative estimate of drug-likeness (QED) is 0.814. The molecule has 0 aromatic carbocycles. The number of alkyl halides is 1. The van der Waals surface area contributed by atoms with E-state index in [-0.39, 0.29) is 11.1 Å². The minimum Gasteiger partial charge on any atom is -0.353 e. The van der Waals surface area contributed by atoms with Crippen molar-refractivity contribution in [3.8, 4) is 0 Å². The first-order valence-electron chi connectivity index (χ1n) is 4.84. The van der Waals surface area contributed by atoms with Crippen LogP contribution in [-0.2, 0) is 4.74 Å². The maximum atomic E-state index is 11.5. The number of nitrogens with zero attached hydrogens (tertiary/aromatic N) is 1. The van der Waals surface area contributed by atoms with Gasteiger partial charge in [-0.25, -0.2) is 4.79 Å². The zero-order valence-electron chi connectivity index (χ0n) is 8.28. The molecular formula is C9H10Cl2N2O3. The average molecular weight is 265 g/mol. The van der Waals surface area contributed by atoms with Crippen molar-refractivity contribution in [1.82, 2.24) is 9.55 Å². The number of aromatic amines is 1. The summed E-state index contributed by atoms with van der Waals surface area (Å²) in [6.07, 6.45) is 2.32. The number of nitrogens with one attached hydrogen (secondary N) is 1. The van der Waals surface area contributed by atoms with Crippen LogP contribution in [0, 0.1) is 0 Å². The summed E-state index contributed by atoms with van der Waals surface area (Å²) in [5.74, 6) is 0.391. The number of halogens is 2. The third kappa shape index (κ3) is 2.16. The average Bonchev–Trinajstić information content (AvgIpc) is 2.71. The van der Waals surface area contributed by atoms with E-state index in [9.17, 15) is 9.59 Å². The number of ether oxygens (including phenoxy) is 1. The van der Waals surface area contributed by atoms with Gasteiger partial charge in [-0.2, -0.15) is 0 Å². The van der Waals surface area contributed by atoms with E-state index < -0.39 is 17.5 Å². The fourth-order valence-electron chi connectivity index (χ4n) is 1.68. The first kappa shape index (κ1) is 11.7.